The first kappa shape index (κ1) is 16.5. The van der Waals surface area contributed by atoms with Crippen molar-refractivity contribution in [1.29, 1.82) is 0 Å². The summed E-state index contributed by atoms with van der Waals surface area (Å²) in [5.41, 5.74) is 0.814. The normalized spacial score (nSPS) is 19.6. The molecular formula is C19H28N2O2. The molecule has 2 heterocycles. The number of ketones is 1. The van der Waals surface area contributed by atoms with Gasteiger partial charge in [0.1, 0.15) is 5.75 Å². The van der Waals surface area contributed by atoms with Crippen LogP contribution < -0.4 is 4.74 Å². The average Bonchev–Trinajstić information content (AvgIpc) is 3.27. The van der Waals surface area contributed by atoms with Crippen LogP contribution in [0.3, 0.4) is 0 Å². The summed E-state index contributed by atoms with van der Waals surface area (Å²) in [5, 5.41) is 0. The van der Waals surface area contributed by atoms with Gasteiger partial charge in [-0.2, -0.15) is 0 Å². The summed E-state index contributed by atoms with van der Waals surface area (Å²) >= 11 is 0. The number of carbonyl (C=O) groups excluding carboxylic acids is 1. The number of Topliss-reactive ketones (excluding diaryl/α,β-unsaturated/α-hetero) is 1. The van der Waals surface area contributed by atoms with Gasteiger partial charge in [-0.05, 0) is 76.1 Å². The Labute approximate surface area is 139 Å². The number of carbonyl (C=O) groups is 1. The molecule has 0 atom stereocenters. The molecule has 0 unspecified atom stereocenters. The van der Waals surface area contributed by atoms with Crippen LogP contribution in [0.1, 0.15) is 36.0 Å². The maximum absolute atomic E-state index is 13.0. The van der Waals surface area contributed by atoms with E-state index >= 15 is 0 Å². The molecule has 126 valence electrons. The number of benzene rings is 1. The summed E-state index contributed by atoms with van der Waals surface area (Å²) in [6.07, 6.45) is 5.08. The smallest absolute Gasteiger partial charge is 0.168 e. The highest BCUT2D eigenvalue weighted by Crippen LogP contribution is 2.20. The lowest BCUT2D eigenvalue weighted by atomic mass is 9.96. The molecule has 2 aliphatic heterocycles. The standard InChI is InChI=1S/C19H28N2O2/c1-23-18-8-6-16(7-9-18)19(22)17(14-20-10-2-3-11-20)15-21-12-4-5-13-21/h6-9,17H,2-5,10-15H2,1H3. The second kappa shape index (κ2) is 7.93. The van der Waals surface area contributed by atoms with Crippen LogP contribution in [-0.2, 0) is 0 Å². The predicted molar refractivity (Wildman–Crippen MR) is 92.2 cm³/mol. The van der Waals surface area contributed by atoms with Crippen LogP contribution in [0, 0.1) is 5.92 Å². The van der Waals surface area contributed by atoms with Crippen molar-refractivity contribution in [3.8, 4) is 5.75 Å². The van der Waals surface area contributed by atoms with E-state index in [0.717, 1.165) is 50.6 Å². The zero-order valence-corrected chi connectivity index (χ0v) is 14.2. The maximum Gasteiger partial charge on any atom is 0.168 e. The molecule has 4 nitrogen and oxygen atoms in total. The fourth-order valence-electron chi connectivity index (χ4n) is 3.77. The Hall–Kier alpha value is -1.39. The van der Waals surface area contributed by atoms with Gasteiger partial charge < -0.3 is 14.5 Å². The van der Waals surface area contributed by atoms with Gasteiger partial charge in [0.25, 0.3) is 0 Å². The molecule has 2 aliphatic rings. The van der Waals surface area contributed by atoms with Gasteiger partial charge >= 0.3 is 0 Å². The Kier molecular flexibility index (Phi) is 5.68. The van der Waals surface area contributed by atoms with E-state index in [9.17, 15) is 4.79 Å². The van der Waals surface area contributed by atoms with Gasteiger partial charge in [-0.1, -0.05) is 0 Å². The second-order valence-electron chi connectivity index (χ2n) is 6.81. The van der Waals surface area contributed by atoms with E-state index in [1.165, 1.54) is 25.7 Å². The number of hydrogen-bond donors (Lipinski definition) is 0. The van der Waals surface area contributed by atoms with E-state index < -0.39 is 0 Å². The van der Waals surface area contributed by atoms with E-state index in [1.54, 1.807) is 7.11 Å². The number of methoxy groups -OCH3 is 1. The lowest BCUT2D eigenvalue weighted by Crippen LogP contribution is -2.39. The number of likely N-dealkylation sites (tertiary alicyclic amines) is 2. The highest BCUT2D eigenvalue weighted by Gasteiger charge is 2.27. The fraction of sp³-hybridized carbons (Fsp3) is 0.632. The molecule has 0 amide bonds. The number of rotatable bonds is 7. The molecule has 0 saturated carbocycles. The quantitative estimate of drug-likeness (QED) is 0.724. The minimum absolute atomic E-state index is 0.0830. The third-order valence-electron chi connectivity index (χ3n) is 5.10. The molecule has 0 spiro atoms. The lowest BCUT2D eigenvalue weighted by molar-refractivity contribution is 0.0851. The van der Waals surface area contributed by atoms with Crippen LogP contribution in [0.15, 0.2) is 24.3 Å². The van der Waals surface area contributed by atoms with Gasteiger partial charge in [0, 0.05) is 24.6 Å². The van der Waals surface area contributed by atoms with Gasteiger partial charge in [-0.25, -0.2) is 0 Å². The summed E-state index contributed by atoms with van der Waals surface area (Å²) in [5.74, 6) is 1.17. The van der Waals surface area contributed by atoms with E-state index in [0.29, 0.717) is 0 Å². The predicted octanol–water partition coefficient (Wildman–Crippen LogP) is 2.69. The van der Waals surface area contributed by atoms with Crippen molar-refractivity contribution >= 4 is 5.78 Å². The Morgan fingerprint density at radius 2 is 1.43 bits per heavy atom. The fourth-order valence-corrected chi connectivity index (χ4v) is 3.77. The van der Waals surface area contributed by atoms with Crippen molar-refractivity contribution in [2.45, 2.75) is 25.7 Å². The first-order valence-electron chi connectivity index (χ1n) is 8.89. The Morgan fingerprint density at radius 1 is 0.957 bits per heavy atom. The third-order valence-corrected chi connectivity index (χ3v) is 5.10. The zero-order chi connectivity index (χ0) is 16.1. The SMILES string of the molecule is COc1ccc(C(=O)C(CN2CCCC2)CN2CCCC2)cc1. The number of ether oxygens (including phenoxy) is 1. The van der Waals surface area contributed by atoms with Gasteiger partial charge in [0.15, 0.2) is 5.78 Å². The van der Waals surface area contributed by atoms with Crippen LogP contribution >= 0.6 is 0 Å². The van der Waals surface area contributed by atoms with Crippen molar-refractivity contribution in [1.82, 2.24) is 9.80 Å². The van der Waals surface area contributed by atoms with Crippen molar-refractivity contribution in [2.24, 2.45) is 5.92 Å². The van der Waals surface area contributed by atoms with Crippen molar-refractivity contribution < 1.29 is 9.53 Å². The maximum atomic E-state index is 13.0. The molecule has 3 rings (SSSR count). The molecule has 23 heavy (non-hydrogen) atoms. The molecule has 4 heteroatoms. The molecule has 0 radical (unpaired) electrons. The highest BCUT2D eigenvalue weighted by atomic mass is 16.5. The zero-order valence-electron chi connectivity index (χ0n) is 14.2. The van der Waals surface area contributed by atoms with Crippen LogP contribution in [0.25, 0.3) is 0 Å². The van der Waals surface area contributed by atoms with Gasteiger partial charge in [-0.3, -0.25) is 4.79 Å². The third kappa shape index (κ3) is 4.33. The summed E-state index contributed by atoms with van der Waals surface area (Å²) in [4.78, 5) is 17.9. The lowest BCUT2D eigenvalue weighted by Gasteiger charge is -2.26. The molecule has 1 aromatic carbocycles. The topological polar surface area (TPSA) is 32.8 Å². The largest absolute Gasteiger partial charge is 0.497 e. The minimum atomic E-state index is 0.0830. The molecule has 2 fully saturated rings. The van der Waals surface area contributed by atoms with E-state index in [-0.39, 0.29) is 11.7 Å². The molecule has 0 aromatic heterocycles. The van der Waals surface area contributed by atoms with Gasteiger partial charge in [0.05, 0.1) is 7.11 Å². The highest BCUT2D eigenvalue weighted by molar-refractivity contribution is 5.98. The van der Waals surface area contributed by atoms with Gasteiger partial charge in [0.2, 0.25) is 0 Å². The first-order chi connectivity index (χ1) is 11.3. The molecular weight excluding hydrogens is 288 g/mol. The van der Waals surface area contributed by atoms with Crippen LogP contribution in [0.5, 0.6) is 5.75 Å². The van der Waals surface area contributed by atoms with E-state index in [1.807, 2.05) is 24.3 Å². The van der Waals surface area contributed by atoms with Gasteiger partial charge in [-0.15, -0.1) is 0 Å². The van der Waals surface area contributed by atoms with Crippen molar-refractivity contribution in [3.63, 3.8) is 0 Å². The first-order valence-corrected chi connectivity index (χ1v) is 8.89. The second-order valence-corrected chi connectivity index (χ2v) is 6.81. The Balaban J connectivity index is 1.69. The van der Waals surface area contributed by atoms with E-state index in [4.69, 9.17) is 4.74 Å². The van der Waals surface area contributed by atoms with Crippen LogP contribution in [-0.4, -0.2) is 62.0 Å². The summed E-state index contributed by atoms with van der Waals surface area (Å²) in [6, 6.07) is 7.58. The molecule has 1 aromatic rings. The Bertz CT molecular complexity index is 485. The number of nitrogens with zero attached hydrogens (tertiary/aromatic N) is 2. The molecule has 0 aliphatic carbocycles. The minimum Gasteiger partial charge on any atom is -0.497 e. The van der Waals surface area contributed by atoms with Crippen LogP contribution in [0.4, 0.5) is 0 Å². The molecule has 0 N–H and O–H groups in total. The van der Waals surface area contributed by atoms with E-state index in [2.05, 4.69) is 9.80 Å². The molecule has 2 saturated heterocycles. The summed E-state index contributed by atoms with van der Waals surface area (Å²) in [6.45, 7) is 6.39. The monoisotopic (exact) mass is 316 g/mol. The van der Waals surface area contributed by atoms with Crippen molar-refractivity contribution in [2.75, 3.05) is 46.4 Å². The number of hydrogen-bond acceptors (Lipinski definition) is 4. The molecule has 0 bridgehead atoms. The average molecular weight is 316 g/mol. The summed E-state index contributed by atoms with van der Waals surface area (Å²) in [7, 11) is 1.65. The van der Waals surface area contributed by atoms with Crippen molar-refractivity contribution in [3.05, 3.63) is 29.8 Å². The Morgan fingerprint density at radius 3 is 1.87 bits per heavy atom. The van der Waals surface area contributed by atoms with Crippen LogP contribution in [0.2, 0.25) is 0 Å². The summed E-state index contributed by atoms with van der Waals surface area (Å²) < 4.78 is 5.20.